The molecule has 1 heterocycles. The average Bonchev–Trinajstić information content (AvgIpc) is 2.90. The van der Waals surface area contributed by atoms with Gasteiger partial charge in [-0.3, -0.25) is 5.43 Å². The first-order valence-corrected chi connectivity index (χ1v) is 7.02. The zero-order valence-corrected chi connectivity index (χ0v) is 11.7. The van der Waals surface area contributed by atoms with Gasteiger partial charge in [-0.05, 0) is 29.8 Å². The zero-order valence-electron chi connectivity index (χ0n) is 10.9. The van der Waals surface area contributed by atoms with Crippen molar-refractivity contribution in [1.82, 2.24) is 4.98 Å². The lowest BCUT2D eigenvalue weighted by molar-refractivity contribution is 0.0697. The largest absolute Gasteiger partial charge is 0.478 e. The summed E-state index contributed by atoms with van der Waals surface area (Å²) in [5, 5.41) is 13.6. The van der Waals surface area contributed by atoms with Gasteiger partial charge >= 0.3 is 5.97 Å². The molecule has 21 heavy (non-hydrogen) atoms. The number of thiazole rings is 1. The van der Waals surface area contributed by atoms with Crippen molar-refractivity contribution < 1.29 is 9.90 Å². The number of aromatic carboxylic acids is 1. The van der Waals surface area contributed by atoms with Crippen LogP contribution in [0.4, 0.5) is 5.13 Å². The second kappa shape index (κ2) is 5.72. The van der Waals surface area contributed by atoms with E-state index in [0.29, 0.717) is 0 Å². The van der Waals surface area contributed by atoms with E-state index in [-0.39, 0.29) is 5.56 Å². The Morgan fingerprint density at radius 2 is 1.95 bits per heavy atom. The van der Waals surface area contributed by atoms with E-state index in [9.17, 15) is 4.79 Å². The highest BCUT2D eigenvalue weighted by atomic mass is 32.1. The van der Waals surface area contributed by atoms with E-state index in [4.69, 9.17) is 5.11 Å². The summed E-state index contributed by atoms with van der Waals surface area (Å²) in [6, 6.07) is 14.4. The molecule has 0 spiro atoms. The fourth-order valence-electron chi connectivity index (χ4n) is 1.79. The number of carboxylic acids is 1. The predicted molar refractivity (Wildman–Crippen MR) is 84.2 cm³/mol. The van der Waals surface area contributed by atoms with E-state index < -0.39 is 5.97 Å². The number of para-hydroxylation sites is 1. The Hall–Kier alpha value is -2.73. The molecule has 0 atom stereocenters. The third-order valence-electron chi connectivity index (χ3n) is 2.83. The number of carbonyl (C=O) groups is 1. The maximum absolute atomic E-state index is 10.7. The zero-order chi connectivity index (χ0) is 14.7. The third-order valence-corrected chi connectivity index (χ3v) is 3.77. The van der Waals surface area contributed by atoms with Gasteiger partial charge in [-0.15, -0.1) is 0 Å². The Balaban J connectivity index is 1.70. The van der Waals surface area contributed by atoms with Gasteiger partial charge in [0.05, 0.1) is 22.0 Å². The minimum absolute atomic E-state index is 0.256. The number of rotatable bonds is 4. The summed E-state index contributed by atoms with van der Waals surface area (Å²) in [5.74, 6) is -0.939. The molecule has 0 aliphatic heterocycles. The van der Waals surface area contributed by atoms with Crippen LogP contribution in [0.1, 0.15) is 15.9 Å². The molecule has 5 nitrogen and oxygen atoms in total. The summed E-state index contributed by atoms with van der Waals surface area (Å²) in [7, 11) is 0. The van der Waals surface area contributed by atoms with Crippen LogP contribution in [0.5, 0.6) is 0 Å². The first-order valence-electron chi connectivity index (χ1n) is 6.20. The smallest absolute Gasteiger partial charge is 0.335 e. The fourth-order valence-corrected chi connectivity index (χ4v) is 2.61. The van der Waals surface area contributed by atoms with Crippen LogP contribution in [0, 0.1) is 0 Å². The quantitative estimate of drug-likeness (QED) is 0.571. The molecule has 0 bridgehead atoms. The van der Waals surface area contributed by atoms with Crippen LogP contribution >= 0.6 is 11.3 Å². The Bertz CT molecular complexity index is 776. The second-order valence-electron chi connectivity index (χ2n) is 4.28. The van der Waals surface area contributed by atoms with Crippen LogP contribution in [-0.2, 0) is 0 Å². The summed E-state index contributed by atoms with van der Waals surface area (Å²) in [6.45, 7) is 0. The van der Waals surface area contributed by atoms with E-state index in [1.165, 1.54) is 11.3 Å². The van der Waals surface area contributed by atoms with Crippen molar-refractivity contribution in [1.29, 1.82) is 0 Å². The molecule has 0 aliphatic carbocycles. The number of fused-ring (bicyclic) bond motifs is 1. The van der Waals surface area contributed by atoms with Crippen molar-refractivity contribution in [2.45, 2.75) is 0 Å². The van der Waals surface area contributed by atoms with E-state index in [1.54, 1.807) is 30.5 Å². The van der Waals surface area contributed by atoms with Crippen molar-refractivity contribution in [3.8, 4) is 0 Å². The van der Waals surface area contributed by atoms with E-state index in [1.807, 2.05) is 24.3 Å². The first kappa shape index (κ1) is 13.3. The van der Waals surface area contributed by atoms with Gasteiger partial charge in [-0.25, -0.2) is 9.78 Å². The Morgan fingerprint density at radius 1 is 1.19 bits per heavy atom. The van der Waals surface area contributed by atoms with Gasteiger partial charge in [-0.2, -0.15) is 5.10 Å². The summed E-state index contributed by atoms with van der Waals surface area (Å²) in [4.78, 5) is 15.1. The second-order valence-corrected chi connectivity index (χ2v) is 5.31. The number of hydrogen-bond donors (Lipinski definition) is 2. The van der Waals surface area contributed by atoms with E-state index in [2.05, 4.69) is 15.5 Å². The molecule has 0 fully saturated rings. The van der Waals surface area contributed by atoms with Gasteiger partial charge in [-0.1, -0.05) is 35.6 Å². The lowest BCUT2D eigenvalue weighted by Gasteiger charge is -1.96. The number of hydrazone groups is 1. The highest BCUT2D eigenvalue weighted by Gasteiger charge is 2.02. The van der Waals surface area contributed by atoms with Crippen molar-refractivity contribution >= 4 is 38.9 Å². The number of aromatic nitrogens is 1. The monoisotopic (exact) mass is 297 g/mol. The van der Waals surface area contributed by atoms with Gasteiger partial charge < -0.3 is 5.11 Å². The molecule has 0 saturated carbocycles. The maximum atomic E-state index is 10.7. The van der Waals surface area contributed by atoms with Crippen molar-refractivity contribution in [3.63, 3.8) is 0 Å². The topological polar surface area (TPSA) is 74.6 Å². The van der Waals surface area contributed by atoms with Gasteiger partial charge in [0.2, 0.25) is 5.13 Å². The number of nitrogens with zero attached hydrogens (tertiary/aromatic N) is 2. The average molecular weight is 297 g/mol. The fraction of sp³-hybridized carbons (Fsp3) is 0. The minimum Gasteiger partial charge on any atom is -0.478 e. The van der Waals surface area contributed by atoms with Gasteiger partial charge in [0, 0.05) is 0 Å². The number of anilines is 1. The predicted octanol–water partition coefficient (Wildman–Crippen LogP) is 3.44. The Labute approximate surface area is 124 Å². The molecule has 2 aromatic carbocycles. The Kier molecular flexibility index (Phi) is 3.61. The molecule has 6 heteroatoms. The number of benzene rings is 2. The lowest BCUT2D eigenvalue weighted by atomic mass is 10.1. The van der Waals surface area contributed by atoms with Crippen molar-refractivity contribution in [2.75, 3.05) is 5.43 Å². The van der Waals surface area contributed by atoms with Crippen LogP contribution in [0.15, 0.2) is 53.6 Å². The number of hydrogen-bond acceptors (Lipinski definition) is 5. The molecule has 0 radical (unpaired) electrons. The molecule has 3 aromatic rings. The molecule has 0 saturated heterocycles. The van der Waals surface area contributed by atoms with E-state index in [0.717, 1.165) is 20.9 Å². The van der Waals surface area contributed by atoms with Crippen LogP contribution < -0.4 is 5.43 Å². The highest BCUT2D eigenvalue weighted by molar-refractivity contribution is 7.22. The summed E-state index contributed by atoms with van der Waals surface area (Å²) in [6.07, 6.45) is 1.62. The molecule has 104 valence electrons. The van der Waals surface area contributed by atoms with Crippen LogP contribution in [-0.4, -0.2) is 22.3 Å². The molecular weight excluding hydrogens is 286 g/mol. The standard InChI is InChI=1S/C15H11N3O2S/c19-14(20)11-7-5-10(6-8-11)9-16-18-15-17-12-3-1-2-4-13(12)21-15/h1-9H,(H,17,18)(H,19,20). The lowest BCUT2D eigenvalue weighted by Crippen LogP contribution is -1.96. The minimum atomic E-state index is -0.939. The normalized spacial score (nSPS) is 11.0. The van der Waals surface area contributed by atoms with Crippen molar-refractivity contribution in [2.24, 2.45) is 5.10 Å². The van der Waals surface area contributed by atoms with Gasteiger partial charge in [0.15, 0.2) is 0 Å². The number of nitrogens with one attached hydrogen (secondary N) is 1. The van der Waals surface area contributed by atoms with E-state index >= 15 is 0 Å². The molecule has 0 unspecified atom stereocenters. The highest BCUT2D eigenvalue weighted by Crippen LogP contribution is 2.25. The molecule has 1 aromatic heterocycles. The summed E-state index contributed by atoms with van der Waals surface area (Å²) < 4.78 is 1.10. The Morgan fingerprint density at radius 3 is 2.67 bits per heavy atom. The SMILES string of the molecule is O=C(O)c1ccc(C=NNc2nc3ccccc3s2)cc1. The van der Waals surface area contributed by atoms with Crippen LogP contribution in [0.2, 0.25) is 0 Å². The first-order chi connectivity index (χ1) is 10.2. The van der Waals surface area contributed by atoms with Gasteiger partial charge in [0.25, 0.3) is 0 Å². The number of carboxylic acid groups (broad SMARTS) is 1. The third kappa shape index (κ3) is 3.06. The van der Waals surface area contributed by atoms with Gasteiger partial charge in [0.1, 0.15) is 0 Å². The maximum Gasteiger partial charge on any atom is 0.335 e. The summed E-state index contributed by atoms with van der Waals surface area (Å²) in [5.41, 5.74) is 4.89. The van der Waals surface area contributed by atoms with Crippen LogP contribution in [0.3, 0.4) is 0 Å². The molecule has 2 N–H and O–H groups in total. The molecule has 0 amide bonds. The molecule has 0 aliphatic rings. The molecule has 3 rings (SSSR count). The van der Waals surface area contributed by atoms with Crippen molar-refractivity contribution in [3.05, 3.63) is 59.7 Å². The molecular formula is C15H11N3O2S. The van der Waals surface area contributed by atoms with Crippen LogP contribution in [0.25, 0.3) is 10.2 Å². The summed E-state index contributed by atoms with van der Waals surface area (Å²) >= 11 is 1.53.